The highest BCUT2D eigenvalue weighted by molar-refractivity contribution is 6.00. The molecule has 1 amide bonds. The lowest BCUT2D eigenvalue weighted by molar-refractivity contribution is 0.100. The third-order valence-electron chi connectivity index (χ3n) is 3.03. The van der Waals surface area contributed by atoms with Gasteiger partial charge in [0.15, 0.2) is 0 Å². The number of para-hydroxylation sites is 1. The van der Waals surface area contributed by atoms with Crippen molar-refractivity contribution in [3.05, 3.63) is 53.6 Å². The molecule has 0 aliphatic heterocycles. The summed E-state index contributed by atoms with van der Waals surface area (Å²) in [7, 11) is 1.77. The van der Waals surface area contributed by atoms with Gasteiger partial charge in [0.05, 0.1) is 22.5 Å². The first-order chi connectivity index (χ1) is 9.54. The predicted molar refractivity (Wildman–Crippen MR) is 78.6 cm³/mol. The minimum Gasteiger partial charge on any atom is -0.399 e. The minimum absolute atomic E-state index is 0.320. The zero-order chi connectivity index (χ0) is 14.7. The molecule has 0 unspecified atom stereocenters. The number of carbonyl (C=O) groups excluding carboxylic acids is 1. The van der Waals surface area contributed by atoms with Crippen molar-refractivity contribution in [3.8, 4) is 6.07 Å². The molecule has 2 rings (SSSR count). The summed E-state index contributed by atoms with van der Waals surface area (Å²) in [5, 5.41) is 9.15. The summed E-state index contributed by atoms with van der Waals surface area (Å²) in [6.07, 6.45) is 0. The molecule has 2 aromatic rings. The third-order valence-corrected chi connectivity index (χ3v) is 3.03. The molecule has 0 aliphatic rings. The smallest absolute Gasteiger partial charge is 0.250 e. The summed E-state index contributed by atoms with van der Waals surface area (Å²) in [6.45, 7) is 0. The van der Waals surface area contributed by atoms with E-state index in [1.54, 1.807) is 42.3 Å². The molecule has 5 nitrogen and oxygen atoms in total. The summed E-state index contributed by atoms with van der Waals surface area (Å²) < 4.78 is 0. The standard InChI is InChI=1S/C15H14N4O/c1-19(13-5-3-2-4-10(13)9-16)14-7-6-11(17)8-12(14)15(18)20/h2-8H,17H2,1H3,(H2,18,20). The summed E-state index contributed by atoms with van der Waals surface area (Å²) >= 11 is 0. The zero-order valence-corrected chi connectivity index (χ0v) is 11.0. The number of amides is 1. The van der Waals surface area contributed by atoms with E-state index in [-0.39, 0.29) is 0 Å². The molecule has 0 spiro atoms. The SMILES string of the molecule is CN(c1ccccc1C#N)c1ccc(N)cc1C(N)=O. The first kappa shape index (κ1) is 13.4. The molecule has 0 bridgehead atoms. The number of rotatable bonds is 3. The Kier molecular flexibility index (Phi) is 3.58. The average molecular weight is 266 g/mol. The van der Waals surface area contributed by atoms with Crippen molar-refractivity contribution in [3.63, 3.8) is 0 Å². The van der Waals surface area contributed by atoms with Gasteiger partial charge in [0.1, 0.15) is 6.07 Å². The van der Waals surface area contributed by atoms with Gasteiger partial charge in [-0.15, -0.1) is 0 Å². The summed E-state index contributed by atoms with van der Waals surface area (Å²) in [4.78, 5) is 13.3. The van der Waals surface area contributed by atoms with Crippen LogP contribution in [-0.2, 0) is 0 Å². The Morgan fingerprint density at radius 1 is 1.20 bits per heavy atom. The first-order valence-corrected chi connectivity index (χ1v) is 5.96. The molecule has 5 heteroatoms. The fourth-order valence-electron chi connectivity index (χ4n) is 2.03. The van der Waals surface area contributed by atoms with Crippen LogP contribution in [-0.4, -0.2) is 13.0 Å². The Morgan fingerprint density at radius 2 is 1.90 bits per heavy atom. The Morgan fingerprint density at radius 3 is 2.55 bits per heavy atom. The Bertz CT molecular complexity index is 703. The normalized spacial score (nSPS) is 9.80. The number of hydrogen-bond acceptors (Lipinski definition) is 4. The van der Waals surface area contributed by atoms with Gasteiger partial charge in [-0.1, -0.05) is 12.1 Å². The molecule has 0 atom stereocenters. The number of nitrogen functional groups attached to an aromatic ring is 1. The van der Waals surface area contributed by atoms with E-state index in [0.717, 1.165) is 0 Å². The van der Waals surface area contributed by atoms with Gasteiger partial charge >= 0.3 is 0 Å². The largest absolute Gasteiger partial charge is 0.399 e. The molecular weight excluding hydrogens is 252 g/mol. The van der Waals surface area contributed by atoms with E-state index in [2.05, 4.69) is 6.07 Å². The number of primary amides is 1. The van der Waals surface area contributed by atoms with Crippen LogP contribution in [0.2, 0.25) is 0 Å². The van der Waals surface area contributed by atoms with Crippen molar-refractivity contribution in [1.82, 2.24) is 0 Å². The molecule has 4 N–H and O–H groups in total. The van der Waals surface area contributed by atoms with Crippen LogP contribution in [0.15, 0.2) is 42.5 Å². The van der Waals surface area contributed by atoms with Gasteiger partial charge in [-0.25, -0.2) is 0 Å². The molecule has 0 heterocycles. The number of benzene rings is 2. The molecule has 0 saturated heterocycles. The minimum atomic E-state index is -0.561. The number of nitrogens with two attached hydrogens (primary N) is 2. The summed E-state index contributed by atoms with van der Waals surface area (Å²) in [6, 6.07) is 14.2. The van der Waals surface area contributed by atoms with Gasteiger partial charge in [0.25, 0.3) is 5.91 Å². The van der Waals surface area contributed by atoms with Gasteiger partial charge in [0.2, 0.25) is 0 Å². The molecule has 20 heavy (non-hydrogen) atoms. The molecule has 0 saturated carbocycles. The lowest BCUT2D eigenvalue weighted by Crippen LogP contribution is -2.19. The predicted octanol–water partition coefficient (Wildman–Crippen LogP) is 2.01. The van der Waals surface area contributed by atoms with Gasteiger partial charge in [-0.2, -0.15) is 5.26 Å². The van der Waals surface area contributed by atoms with E-state index < -0.39 is 5.91 Å². The molecule has 0 aromatic heterocycles. The van der Waals surface area contributed by atoms with Crippen molar-refractivity contribution in [2.75, 3.05) is 17.7 Å². The lowest BCUT2D eigenvalue weighted by Gasteiger charge is -2.22. The van der Waals surface area contributed by atoms with Crippen molar-refractivity contribution in [2.45, 2.75) is 0 Å². The fraction of sp³-hybridized carbons (Fsp3) is 0.0667. The number of hydrogen-bond donors (Lipinski definition) is 2. The van der Waals surface area contributed by atoms with Gasteiger partial charge in [-0.05, 0) is 30.3 Å². The second kappa shape index (κ2) is 5.33. The van der Waals surface area contributed by atoms with Crippen molar-refractivity contribution >= 4 is 23.0 Å². The van der Waals surface area contributed by atoms with Crippen LogP contribution in [0.4, 0.5) is 17.1 Å². The van der Waals surface area contributed by atoms with E-state index in [9.17, 15) is 4.79 Å². The highest BCUT2D eigenvalue weighted by Crippen LogP contribution is 2.30. The highest BCUT2D eigenvalue weighted by Gasteiger charge is 2.15. The zero-order valence-electron chi connectivity index (χ0n) is 11.0. The summed E-state index contributed by atoms with van der Waals surface area (Å²) in [5.74, 6) is -0.561. The van der Waals surface area contributed by atoms with Crippen molar-refractivity contribution in [1.29, 1.82) is 5.26 Å². The van der Waals surface area contributed by atoms with Crippen LogP contribution >= 0.6 is 0 Å². The van der Waals surface area contributed by atoms with Crippen molar-refractivity contribution < 1.29 is 4.79 Å². The van der Waals surface area contributed by atoms with E-state index in [4.69, 9.17) is 16.7 Å². The molecule has 0 radical (unpaired) electrons. The second-order valence-corrected chi connectivity index (χ2v) is 4.33. The number of nitriles is 1. The second-order valence-electron chi connectivity index (χ2n) is 4.33. The first-order valence-electron chi connectivity index (χ1n) is 5.96. The number of nitrogens with zero attached hydrogens (tertiary/aromatic N) is 2. The van der Waals surface area contributed by atoms with Crippen LogP contribution in [0.5, 0.6) is 0 Å². The quantitative estimate of drug-likeness (QED) is 0.830. The maximum Gasteiger partial charge on any atom is 0.250 e. The molecule has 100 valence electrons. The molecule has 0 fully saturated rings. The number of carbonyl (C=O) groups is 1. The monoisotopic (exact) mass is 266 g/mol. The van der Waals surface area contributed by atoms with Gasteiger partial charge < -0.3 is 16.4 Å². The van der Waals surface area contributed by atoms with Crippen LogP contribution < -0.4 is 16.4 Å². The van der Waals surface area contributed by atoms with Crippen LogP contribution in [0.3, 0.4) is 0 Å². The van der Waals surface area contributed by atoms with E-state index in [1.165, 1.54) is 6.07 Å². The summed E-state index contributed by atoms with van der Waals surface area (Å²) in [5.41, 5.74) is 13.7. The fourth-order valence-corrected chi connectivity index (χ4v) is 2.03. The number of anilines is 3. The van der Waals surface area contributed by atoms with Crippen LogP contribution in [0, 0.1) is 11.3 Å². The molecular formula is C15H14N4O. The topological polar surface area (TPSA) is 96.1 Å². The Hall–Kier alpha value is -3.00. The van der Waals surface area contributed by atoms with Gasteiger partial charge in [0, 0.05) is 12.7 Å². The van der Waals surface area contributed by atoms with Crippen LogP contribution in [0.1, 0.15) is 15.9 Å². The maximum absolute atomic E-state index is 11.5. The highest BCUT2D eigenvalue weighted by atomic mass is 16.1. The molecule has 2 aromatic carbocycles. The van der Waals surface area contributed by atoms with Crippen LogP contribution in [0.25, 0.3) is 0 Å². The molecule has 0 aliphatic carbocycles. The maximum atomic E-state index is 11.5. The lowest BCUT2D eigenvalue weighted by atomic mass is 10.1. The third kappa shape index (κ3) is 2.40. The Balaban J connectivity index is 2.57. The van der Waals surface area contributed by atoms with E-state index in [0.29, 0.717) is 28.2 Å². The van der Waals surface area contributed by atoms with E-state index >= 15 is 0 Å². The van der Waals surface area contributed by atoms with Gasteiger partial charge in [-0.3, -0.25) is 4.79 Å². The van der Waals surface area contributed by atoms with Crippen molar-refractivity contribution in [2.24, 2.45) is 5.73 Å². The average Bonchev–Trinajstić information content (AvgIpc) is 2.46. The van der Waals surface area contributed by atoms with E-state index in [1.807, 2.05) is 6.07 Å². The Labute approximate surface area is 117 Å².